The van der Waals surface area contributed by atoms with Crippen molar-refractivity contribution in [1.82, 2.24) is 4.57 Å². The molecule has 0 bridgehead atoms. The van der Waals surface area contributed by atoms with Gasteiger partial charge >= 0.3 is 0 Å². The summed E-state index contributed by atoms with van der Waals surface area (Å²) in [6, 6.07) is 49.5. The molecular weight excluding hydrogens is 542 g/mol. The molecule has 0 spiro atoms. The maximum absolute atomic E-state index is 7.87. The number of nitrogens with zero attached hydrogens (tertiary/aromatic N) is 3. The van der Waals surface area contributed by atoms with Gasteiger partial charge in [0.2, 0.25) is 0 Å². The van der Waals surface area contributed by atoms with E-state index in [9.17, 15) is 0 Å². The molecule has 0 unspecified atom stereocenters. The highest BCUT2D eigenvalue weighted by Gasteiger charge is 2.25. The van der Waals surface area contributed by atoms with Gasteiger partial charge in [-0.2, -0.15) is 5.11 Å². The quantitative estimate of drug-likeness (QED) is 0.196. The zero-order chi connectivity index (χ0) is 29.5. The molecule has 0 aliphatic carbocycles. The Kier molecular flexibility index (Phi) is 6.16. The van der Waals surface area contributed by atoms with Gasteiger partial charge in [-0.1, -0.05) is 72.8 Å². The van der Waals surface area contributed by atoms with Crippen molar-refractivity contribution in [1.29, 1.82) is 5.53 Å². The van der Waals surface area contributed by atoms with Gasteiger partial charge in [0.1, 0.15) is 5.70 Å². The fraction of sp³-hybridized carbons (Fsp3) is 0. The normalized spacial score (nSPS) is 12.5. The molecule has 0 radical (unpaired) electrons. The first-order chi connectivity index (χ1) is 21.8. The predicted octanol–water partition coefficient (Wildman–Crippen LogP) is 10.8. The monoisotopic (exact) mass is 569 g/mol. The Morgan fingerprint density at radius 3 is 1.70 bits per heavy atom. The number of benzene rings is 6. The zero-order valence-corrected chi connectivity index (χ0v) is 23.7. The molecule has 6 nitrogen and oxygen atoms in total. The van der Waals surface area contributed by atoms with E-state index in [-0.39, 0.29) is 0 Å². The van der Waals surface area contributed by atoms with Crippen LogP contribution in [-0.4, -0.2) is 4.57 Å². The summed E-state index contributed by atoms with van der Waals surface area (Å²) >= 11 is 0. The third kappa shape index (κ3) is 4.28. The largest absolute Gasteiger partial charge is 0.453 e. The van der Waals surface area contributed by atoms with Gasteiger partial charge in [0.05, 0.1) is 22.4 Å². The molecule has 0 amide bonds. The molecule has 6 aromatic carbocycles. The van der Waals surface area contributed by atoms with E-state index >= 15 is 0 Å². The maximum Gasteiger partial charge on any atom is 0.151 e. The summed E-state index contributed by atoms with van der Waals surface area (Å²) in [6.07, 6.45) is 1.77. The standard InChI is InChI=1S/C38H27N5O/c39-41-32(26-17-21-28(22-18-26)42-33-11-3-1-9-30(33)31-10-2-4-12-34(31)42)25-40-27-19-23-29(24-20-27)43-35-13-5-7-15-37(35)44-38-16-8-6-14-36(38)43/h1-25,39-40H/b32-25-,41-39?. The SMILES string of the molecule is N=N/C(=C\Nc1ccc(N2c3ccccc3Oc3ccccc32)cc1)c1ccc(-n2c3ccccc3c3ccccc32)cc1. The number of para-hydroxylation sites is 6. The first-order valence-corrected chi connectivity index (χ1v) is 14.5. The van der Waals surface area contributed by atoms with Gasteiger partial charge in [0.25, 0.3) is 0 Å². The molecule has 7 aromatic rings. The molecule has 8 rings (SSSR count). The fourth-order valence-corrected chi connectivity index (χ4v) is 6.00. The van der Waals surface area contributed by atoms with Crippen LogP contribution in [0.15, 0.2) is 157 Å². The van der Waals surface area contributed by atoms with Crippen LogP contribution in [0.4, 0.5) is 22.7 Å². The van der Waals surface area contributed by atoms with E-state index < -0.39 is 0 Å². The van der Waals surface area contributed by atoms with E-state index in [0.717, 1.165) is 56.5 Å². The summed E-state index contributed by atoms with van der Waals surface area (Å²) < 4.78 is 8.43. The van der Waals surface area contributed by atoms with Crippen molar-refractivity contribution in [2.75, 3.05) is 10.2 Å². The van der Waals surface area contributed by atoms with Crippen molar-refractivity contribution in [3.63, 3.8) is 0 Å². The van der Waals surface area contributed by atoms with Crippen LogP contribution in [0.25, 0.3) is 33.2 Å². The van der Waals surface area contributed by atoms with E-state index in [1.807, 2.05) is 60.7 Å². The van der Waals surface area contributed by atoms with Crippen LogP contribution in [-0.2, 0) is 0 Å². The summed E-state index contributed by atoms with van der Waals surface area (Å²) in [7, 11) is 0. The van der Waals surface area contributed by atoms with E-state index in [2.05, 4.69) is 105 Å². The predicted molar refractivity (Wildman–Crippen MR) is 179 cm³/mol. The lowest BCUT2D eigenvalue weighted by molar-refractivity contribution is 0.477. The second kappa shape index (κ2) is 10.6. The Balaban J connectivity index is 1.06. The van der Waals surface area contributed by atoms with Crippen LogP contribution in [0.1, 0.15) is 5.56 Å². The molecule has 210 valence electrons. The maximum atomic E-state index is 7.87. The van der Waals surface area contributed by atoms with E-state index in [0.29, 0.717) is 5.70 Å². The minimum Gasteiger partial charge on any atom is -0.453 e. The molecule has 2 heterocycles. The summed E-state index contributed by atoms with van der Waals surface area (Å²) in [6.45, 7) is 0. The molecule has 1 aromatic heterocycles. The summed E-state index contributed by atoms with van der Waals surface area (Å²) in [5.41, 5.74) is 16.6. The number of ether oxygens (including phenoxy) is 1. The average Bonchev–Trinajstić information content (AvgIpc) is 3.42. The van der Waals surface area contributed by atoms with Gasteiger partial charge < -0.3 is 19.5 Å². The van der Waals surface area contributed by atoms with E-state index in [4.69, 9.17) is 10.3 Å². The Bertz CT molecular complexity index is 2100. The van der Waals surface area contributed by atoms with Crippen LogP contribution >= 0.6 is 0 Å². The van der Waals surface area contributed by atoms with Crippen molar-refractivity contribution in [2.24, 2.45) is 5.11 Å². The van der Waals surface area contributed by atoms with Crippen molar-refractivity contribution >= 4 is 50.3 Å². The number of hydrogen-bond donors (Lipinski definition) is 2. The Morgan fingerprint density at radius 2 is 1.11 bits per heavy atom. The third-order valence-electron chi connectivity index (χ3n) is 8.06. The number of anilines is 4. The van der Waals surface area contributed by atoms with Crippen LogP contribution in [0.5, 0.6) is 11.5 Å². The highest BCUT2D eigenvalue weighted by molar-refractivity contribution is 6.09. The molecule has 1 aliphatic heterocycles. The lowest BCUT2D eigenvalue weighted by Gasteiger charge is -2.32. The zero-order valence-electron chi connectivity index (χ0n) is 23.7. The lowest BCUT2D eigenvalue weighted by Crippen LogP contribution is -2.15. The molecule has 1 aliphatic rings. The third-order valence-corrected chi connectivity index (χ3v) is 8.06. The number of hydrogen-bond acceptors (Lipinski definition) is 5. The minimum absolute atomic E-state index is 0.541. The van der Waals surface area contributed by atoms with Gasteiger partial charge in [-0.15, -0.1) is 0 Å². The number of fused-ring (bicyclic) bond motifs is 5. The molecular formula is C38H27N5O. The summed E-state index contributed by atoms with van der Waals surface area (Å²) in [5.74, 6) is 1.64. The summed E-state index contributed by atoms with van der Waals surface area (Å²) in [4.78, 5) is 2.21. The molecule has 6 heteroatoms. The number of nitrogens with one attached hydrogen (secondary N) is 2. The van der Waals surface area contributed by atoms with Crippen molar-refractivity contribution < 1.29 is 4.74 Å². The Morgan fingerprint density at radius 1 is 0.591 bits per heavy atom. The second-order valence-corrected chi connectivity index (χ2v) is 10.6. The van der Waals surface area contributed by atoms with Crippen LogP contribution in [0.2, 0.25) is 0 Å². The Labute approximate surface area is 254 Å². The average molecular weight is 570 g/mol. The molecule has 0 fully saturated rings. The van der Waals surface area contributed by atoms with Crippen LogP contribution in [0.3, 0.4) is 0 Å². The molecule has 0 saturated heterocycles. The topological polar surface area (TPSA) is 65.6 Å². The Hall–Kier alpha value is -6.14. The highest BCUT2D eigenvalue weighted by Crippen LogP contribution is 2.50. The fourth-order valence-electron chi connectivity index (χ4n) is 6.00. The van der Waals surface area contributed by atoms with Gasteiger partial charge in [-0.25, -0.2) is 5.53 Å². The van der Waals surface area contributed by atoms with Crippen molar-refractivity contribution in [3.05, 3.63) is 157 Å². The smallest absolute Gasteiger partial charge is 0.151 e. The van der Waals surface area contributed by atoms with Gasteiger partial charge in [0.15, 0.2) is 11.5 Å². The first-order valence-electron chi connectivity index (χ1n) is 14.5. The van der Waals surface area contributed by atoms with E-state index in [1.54, 1.807) is 6.20 Å². The number of rotatable bonds is 6. The van der Waals surface area contributed by atoms with Crippen LogP contribution < -0.4 is 15.0 Å². The second-order valence-electron chi connectivity index (χ2n) is 10.6. The highest BCUT2D eigenvalue weighted by atomic mass is 16.5. The lowest BCUT2D eigenvalue weighted by atomic mass is 10.1. The van der Waals surface area contributed by atoms with E-state index in [1.165, 1.54) is 10.8 Å². The van der Waals surface area contributed by atoms with Gasteiger partial charge in [-0.3, -0.25) is 0 Å². The van der Waals surface area contributed by atoms with Gasteiger partial charge in [0, 0.05) is 39.6 Å². The molecule has 0 saturated carbocycles. The molecule has 44 heavy (non-hydrogen) atoms. The van der Waals surface area contributed by atoms with Crippen molar-refractivity contribution in [3.8, 4) is 17.2 Å². The molecule has 2 N–H and O–H groups in total. The molecule has 0 atom stereocenters. The summed E-state index contributed by atoms with van der Waals surface area (Å²) in [5, 5.41) is 9.61. The number of aromatic nitrogens is 1. The first kappa shape index (κ1) is 25.6. The minimum atomic E-state index is 0.541. The van der Waals surface area contributed by atoms with Gasteiger partial charge in [-0.05, 0) is 72.8 Å². The van der Waals surface area contributed by atoms with Crippen molar-refractivity contribution in [2.45, 2.75) is 0 Å². The van der Waals surface area contributed by atoms with Crippen LogP contribution in [0, 0.1) is 5.53 Å².